The van der Waals surface area contributed by atoms with Crippen LogP contribution in [0.3, 0.4) is 0 Å². The summed E-state index contributed by atoms with van der Waals surface area (Å²) in [5.41, 5.74) is 7.97. The molecule has 0 saturated carbocycles. The van der Waals surface area contributed by atoms with Gasteiger partial charge in [0.2, 0.25) is 0 Å². The van der Waals surface area contributed by atoms with Crippen LogP contribution in [0, 0.1) is 17.7 Å². The molecule has 2 aromatic carbocycles. The molecule has 3 nitrogen and oxygen atoms in total. The van der Waals surface area contributed by atoms with E-state index < -0.39 is 0 Å². The average Bonchev–Trinajstić information content (AvgIpc) is 3.05. The Labute approximate surface area is 175 Å². The number of para-hydroxylation sites is 1. The van der Waals surface area contributed by atoms with Gasteiger partial charge in [-0.3, -0.25) is 0 Å². The topological polar surface area (TPSA) is 44.5 Å². The van der Waals surface area contributed by atoms with Crippen LogP contribution < -0.4 is 15.2 Å². The van der Waals surface area contributed by atoms with E-state index in [1.807, 2.05) is 12.1 Å². The molecule has 0 aliphatic heterocycles. The second-order valence-electron chi connectivity index (χ2n) is 7.87. The molecule has 0 saturated heterocycles. The van der Waals surface area contributed by atoms with Crippen molar-refractivity contribution in [1.29, 1.82) is 0 Å². The summed E-state index contributed by atoms with van der Waals surface area (Å²) in [4.78, 5) is 0. The number of halogens is 1. The van der Waals surface area contributed by atoms with Crippen LogP contribution in [-0.2, 0) is 6.42 Å². The van der Waals surface area contributed by atoms with E-state index >= 15 is 0 Å². The second-order valence-corrected chi connectivity index (χ2v) is 7.87. The Morgan fingerprint density at radius 2 is 1.76 bits per heavy atom. The fourth-order valence-corrected chi connectivity index (χ4v) is 4.03. The van der Waals surface area contributed by atoms with E-state index in [0.29, 0.717) is 11.7 Å². The molecule has 4 heteroatoms. The Bertz CT molecular complexity index is 743. The monoisotopic (exact) mass is 401 g/mol. The third kappa shape index (κ3) is 6.20. The molecule has 1 aliphatic rings. The Hall–Kier alpha value is -2.07. The van der Waals surface area contributed by atoms with Crippen LogP contribution in [0.5, 0.6) is 11.5 Å². The van der Waals surface area contributed by atoms with Crippen molar-refractivity contribution >= 4 is 0 Å². The zero-order valence-corrected chi connectivity index (χ0v) is 18.3. The van der Waals surface area contributed by atoms with E-state index in [0.717, 1.165) is 24.4 Å². The highest BCUT2D eigenvalue weighted by atomic mass is 19.1. The van der Waals surface area contributed by atoms with Crippen molar-refractivity contribution in [2.45, 2.75) is 59.0 Å². The minimum atomic E-state index is -0.388. The molecular formula is C25H36FNO2. The minimum absolute atomic E-state index is 0.128. The van der Waals surface area contributed by atoms with Gasteiger partial charge in [0, 0.05) is 5.92 Å². The predicted molar refractivity (Wildman–Crippen MR) is 118 cm³/mol. The standard InChI is InChI=1S/C17H17FO2.C8H19N/c1-11-10-12-6-3-4-7-13(12)16(11)20-17-14(18)8-5-9-15(17)19-2;1-3-5-8(7-9)6-4-2/h3-9,11,16H,10H2,1-2H3;8H,3-7,9H2,1-2H3/t11-,16?;/m1./s1. The first-order valence-electron chi connectivity index (χ1n) is 10.8. The molecule has 1 unspecified atom stereocenters. The first kappa shape index (κ1) is 23.2. The number of hydrogen-bond acceptors (Lipinski definition) is 3. The summed E-state index contributed by atoms with van der Waals surface area (Å²) in [6.45, 7) is 7.44. The predicted octanol–water partition coefficient (Wildman–Crippen LogP) is 6.31. The first-order valence-corrected chi connectivity index (χ1v) is 10.8. The number of rotatable bonds is 8. The normalized spacial score (nSPS) is 17.5. The number of hydrogen-bond donors (Lipinski definition) is 1. The Morgan fingerprint density at radius 3 is 2.38 bits per heavy atom. The highest BCUT2D eigenvalue weighted by Gasteiger charge is 2.32. The Balaban J connectivity index is 0.000000284. The molecule has 1 aliphatic carbocycles. The Morgan fingerprint density at radius 1 is 1.07 bits per heavy atom. The van der Waals surface area contributed by atoms with E-state index in [-0.39, 0.29) is 17.7 Å². The largest absolute Gasteiger partial charge is 0.493 e. The lowest BCUT2D eigenvalue weighted by Crippen LogP contribution is -2.13. The fraction of sp³-hybridized carbons (Fsp3) is 0.520. The van der Waals surface area contributed by atoms with Crippen molar-refractivity contribution in [2.24, 2.45) is 17.6 Å². The summed E-state index contributed by atoms with van der Waals surface area (Å²) in [6.07, 6.45) is 6.01. The molecule has 2 atom stereocenters. The average molecular weight is 402 g/mol. The summed E-state index contributed by atoms with van der Waals surface area (Å²) >= 11 is 0. The van der Waals surface area contributed by atoms with Crippen molar-refractivity contribution in [1.82, 2.24) is 0 Å². The molecule has 2 N–H and O–H groups in total. The van der Waals surface area contributed by atoms with Gasteiger partial charge in [0.15, 0.2) is 17.3 Å². The first-order chi connectivity index (χ1) is 14.0. The highest BCUT2D eigenvalue weighted by Crippen LogP contribution is 2.42. The molecule has 160 valence electrons. The lowest BCUT2D eigenvalue weighted by molar-refractivity contribution is 0.146. The van der Waals surface area contributed by atoms with Crippen LogP contribution in [0.2, 0.25) is 0 Å². The molecule has 0 radical (unpaired) electrons. The molecule has 2 aromatic rings. The Kier molecular flexibility index (Phi) is 9.46. The van der Waals surface area contributed by atoms with Crippen LogP contribution in [-0.4, -0.2) is 13.7 Å². The summed E-state index contributed by atoms with van der Waals surface area (Å²) in [5, 5.41) is 0. The van der Waals surface area contributed by atoms with E-state index in [1.165, 1.54) is 44.4 Å². The van der Waals surface area contributed by atoms with Gasteiger partial charge in [-0.15, -0.1) is 0 Å². The number of benzene rings is 2. The zero-order valence-electron chi connectivity index (χ0n) is 18.3. The van der Waals surface area contributed by atoms with Gasteiger partial charge in [-0.2, -0.15) is 0 Å². The molecule has 3 rings (SSSR count). The number of nitrogens with two attached hydrogens (primary N) is 1. The van der Waals surface area contributed by atoms with Crippen molar-refractivity contribution in [3.63, 3.8) is 0 Å². The van der Waals surface area contributed by atoms with Crippen molar-refractivity contribution in [2.75, 3.05) is 13.7 Å². The lowest BCUT2D eigenvalue weighted by Gasteiger charge is -2.21. The zero-order chi connectivity index (χ0) is 21.2. The van der Waals surface area contributed by atoms with Gasteiger partial charge in [0.1, 0.15) is 6.10 Å². The smallest absolute Gasteiger partial charge is 0.197 e. The van der Waals surface area contributed by atoms with Crippen molar-refractivity contribution in [3.05, 3.63) is 59.4 Å². The fourth-order valence-electron chi connectivity index (χ4n) is 4.03. The summed E-state index contributed by atoms with van der Waals surface area (Å²) in [7, 11) is 1.52. The van der Waals surface area contributed by atoms with E-state index in [1.54, 1.807) is 12.1 Å². The second kappa shape index (κ2) is 11.8. The van der Waals surface area contributed by atoms with Gasteiger partial charge in [-0.1, -0.05) is 63.9 Å². The molecule has 0 heterocycles. The van der Waals surface area contributed by atoms with Gasteiger partial charge in [-0.05, 0) is 55.0 Å². The maximum Gasteiger partial charge on any atom is 0.197 e. The maximum atomic E-state index is 14.0. The molecule has 0 aromatic heterocycles. The number of methoxy groups -OCH3 is 1. The van der Waals surface area contributed by atoms with Crippen LogP contribution in [0.4, 0.5) is 4.39 Å². The van der Waals surface area contributed by atoms with Crippen molar-refractivity contribution in [3.8, 4) is 11.5 Å². The number of ether oxygens (including phenoxy) is 2. The van der Waals surface area contributed by atoms with Gasteiger partial charge < -0.3 is 15.2 Å². The molecule has 0 spiro atoms. The van der Waals surface area contributed by atoms with Gasteiger partial charge in [-0.25, -0.2) is 4.39 Å². The van der Waals surface area contributed by atoms with E-state index in [9.17, 15) is 4.39 Å². The van der Waals surface area contributed by atoms with Crippen molar-refractivity contribution < 1.29 is 13.9 Å². The highest BCUT2D eigenvalue weighted by molar-refractivity contribution is 5.43. The summed E-state index contributed by atoms with van der Waals surface area (Å²) in [5.74, 6) is 1.35. The molecule has 0 amide bonds. The van der Waals surface area contributed by atoms with Gasteiger partial charge in [0.05, 0.1) is 7.11 Å². The molecule has 0 bridgehead atoms. The SMILES string of the molecule is CCCC(CN)CCC.COc1cccc(F)c1OC1c2ccccc2C[C@H]1C. The van der Waals surface area contributed by atoms with E-state index in [4.69, 9.17) is 15.2 Å². The third-order valence-electron chi connectivity index (χ3n) is 5.54. The molecule has 29 heavy (non-hydrogen) atoms. The quantitative estimate of drug-likeness (QED) is 0.564. The maximum absolute atomic E-state index is 14.0. The summed E-state index contributed by atoms with van der Waals surface area (Å²) < 4.78 is 25.2. The van der Waals surface area contributed by atoms with Crippen LogP contribution in [0.1, 0.15) is 63.7 Å². The third-order valence-corrected chi connectivity index (χ3v) is 5.54. The lowest BCUT2D eigenvalue weighted by atomic mass is 9.99. The van der Waals surface area contributed by atoms with Crippen LogP contribution in [0.25, 0.3) is 0 Å². The van der Waals surface area contributed by atoms with Crippen LogP contribution in [0.15, 0.2) is 42.5 Å². The van der Waals surface area contributed by atoms with Gasteiger partial charge in [0.25, 0.3) is 0 Å². The van der Waals surface area contributed by atoms with E-state index in [2.05, 4.69) is 32.9 Å². The molecule has 0 fully saturated rings. The molecular weight excluding hydrogens is 365 g/mol. The number of fused-ring (bicyclic) bond motifs is 1. The minimum Gasteiger partial charge on any atom is -0.493 e. The van der Waals surface area contributed by atoms with Crippen LogP contribution >= 0.6 is 0 Å². The van der Waals surface area contributed by atoms with Gasteiger partial charge >= 0.3 is 0 Å². The summed E-state index contributed by atoms with van der Waals surface area (Å²) in [6, 6.07) is 12.9.